The molecular formula is C24H24ClNO4S. The number of ether oxygens (including phenoxy) is 2. The van der Waals surface area contributed by atoms with Gasteiger partial charge in [-0.3, -0.25) is 4.79 Å². The smallest absolute Gasteiger partial charge is 0.310 e. The van der Waals surface area contributed by atoms with Gasteiger partial charge < -0.3 is 14.3 Å². The predicted molar refractivity (Wildman–Crippen MR) is 125 cm³/mol. The fourth-order valence-electron chi connectivity index (χ4n) is 3.01. The lowest BCUT2D eigenvalue weighted by Crippen LogP contribution is -2.07. The molecule has 0 fully saturated rings. The van der Waals surface area contributed by atoms with Crippen LogP contribution in [0.2, 0.25) is 5.02 Å². The number of rotatable bonds is 9. The maximum Gasteiger partial charge on any atom is 0.310 e. The molecule has 7 heteroatoms. The molecule has 0 amide bonds. The van der Waals surface area contributed by atoms with Crippen LogP contribution in [0.15, 0.2) is 59.8 Å². The third kappa shape index (κ3) is 5.87. The number of methoxy groups -OCH3 is 1. The Morgan fingerprint density at radius 3 is 2.35 bits per heavy atom. The van der Waals surface area contributed by atoms with Gasteiger partial charge in [0.15, 0.2) is 0 Å². The van der Waals surface area contributed by atoms with Gasteiger partial charge in [0.25, 0.3) is 0 Å². The summed E-state index contributed by atoms with van der Waals surface area (Å²) in [5, 5.41) is 5.02. The summed E-state index contributed by atoms with van der Waals surface area (Å²) in [6.45, 7) is 4.47. The molecule has 0 unspecified atom stereocenters. The Morgan fingerprint density at radius 1 is 1.03 bits per heavy atom. The van der Waals surface area contributed by atoms with Crippen molar-refractivity contribution < 1.29 is 19.1 Å². The molecule has 0 atom stereocenters. The highest BCUT2D eigenvalue weighted by atomic mass is 35.5. The third-order valence-electron chi connectivity index (χ3n) is 4.44. The molecule has 5 nitrogen and oxygen atoms in total. The standard InChI is InChI=1S/C24H24ClNO4S/c1-4-29-22(27)15-18-14-21(31-24(18)17-6-10-19(25)11-7-17)23(26-30-5-2)16-8-12-20(28-3)13-9-16/h6-14H,4-5,15H2,1-3H3/b26-23+. The first kappa shape index (κ1) is 22.8. The Labute approximate surface area is 191 Å². The van der Waals surface area contributed by atoms with E-state index in [-0.39, 0.29) is 12.4 Å². The molecule has 0 saturated heterocycles. The number of hydrogen-bond donors (Lipinski definition) is 0. The van der Waals surface area contributed by atoms with Gasteiger partial charge >= 0.3 is 5.97 Å². The number of halogens is 1. The zero-order chi connectivity index (χ0) is 22.2. The molecule has 1 heterocycles. The van der Waals surface area contributed by atoms with E-state index < -0.39 is 0 Å². The lowest BCUT2D eigenvalue weighted by Gasteiger charge is -2.06. The van der Waals surface area contributed by atoms with Gasteiger partial charge in [0, 0.05) is 15.5 Å². The van der Waals surface area contributed by atoms with Gasteiger partial charge in [-0.15, -0.1) is 11.3 Å². The molecule has 3 aromatic rings. The van der Waals surface area contributed by atoms with Gasteiger partial charge in [0.05, 0.1) is 25.0 Å². The molecule has 162 valence electrons. The second-order valence-corrected chi connectivity index (χ2v) is 8.03. The number of carbonyl (C=O) groups excluding carboxylic acids is 1. The van der Waals surface area contributed by atoms with E-state index >= 15 is 0 Å². The number of oxime groups is 1. The van der Waals surface area contributed by atoms with Gasteiger partial charge in [-0.2, -0.15) is 0 Å². The number of thiophene rings is 1. The van der Waals surface area contributed by atoms with Crippen LogP contribution in [0, 0.1) is 0 Å². The minimum absolute atomic E-state index is 0.173. The predicted octanol–water partition coefficient (Wildman–Crippen LogP) is 5.97. The maximum absolute atomic E-state index is 12.2. The van der Waals surface area contributed by atoms with E-state index in [2.05, 4.69) is 5.16 Å². The molecule has 0 aliphatic carbocycles. The van der Waals surface area contributed by atoms with Crippen molar-refractivity contribution in [3.05, 3.63) is 75.6 Å². The molecule has 0 saturated carbocycles. The van der Waals surface area contributed by atoms with Crippen molar-refractivity contribution in [2.45, 2.75) is 20.3 Å². The van der Waals surface area contributed by atoms with Crippen molar-refractivity contribution in [2.75, 3.05) is 20.3 Å². The van der Waals surface area contributed by atoms with Crippen LogP contribution in [0.4, 0.5) is 0 Å². The molecule has 3 rings (SSSR count). The SMILES string of the molecule is CCO/N=C(\c1ccc(OC)cc1)c1cc(CC(=O)OCC)c(-c2ccc(Cl)cc2)s1. The molecule has 2 aromatic carbocycles. The monoisotopic (exact) mass is 457 g/mol. The summed E-state index contributed by atoms with van der Waals surface area (Å²) in [5.74, 6) is 0.491. The fraction of sp³-hybridized carbons (Fsp3) is 0.250. The lowest BCUT2D eigenvalue weighted by atomic mass is 10.0. The first-order valence-corrected chi connectivity index (χ1v) is 11.1. The summed E-state index contributed by atoms with van der Waals surface area (Å²) in [7, 11) is 1.63. The van der Waals surface area contributed by atoms with Crippen LogP contribution < -0.4 is 4.74 Å². The second kappa shape index (κ2) is 11.0. The Kier molecular flexibility index (Phi) is 8.09. The van der Waals surface area contributed by atoms with E-state index in [1.54, 1.807) is 25.4 Å². The van der Waals surface area contributed by atoms with Gasteiger partial charge in [-0.1, -0.05) is 28.9 Å². The molecule has 0 radical (unpaired) electrons. The zero-order valence-corrected chi connectivity index (χ0v) is 19.3. The quantitative estimate of drug-likeness (QED) is 0.225. The van der Waals surface area contributed by atoms with Gasteiger partial charge in [-0.05, 0) is 67.4 Å². The van der Waals surface area contributed by atoms with Gasteiger partial charge in [-0.25, -0.2) is 0 Å². The van der Waals surface area contributed by atoms with E-state index in [1.165, 1.54) is 0 Å². The van der Waals surface area contributed by atoms with Crippen molar-refractivity contribution in [3.8, 4) is 16.2 Å². The minimum Gasteiger partial charge on any atom is -0.497 e. The summed E-state index contributed by atoms with van der Waals surface area (Å²) in [6, 6.07) is 17.2. The Morgan fingerprint density at radius 2 is 1.74 bits per heavy atom. The van der Waals surface area contributed by atoms with Crippen LogP contribution in [0.25, 0.3) is 10.4 Å². The topological polar surface area (TPSA) is 57.1 Å². The summed E-state index contributed by atoms with van der Waals surface area (Å²) in [4.78, 5) is 19.5. The van der Waals surface area contributed by atoms with E-state index in [4.69, 9.17) is 25.9 Å². The third-order valence-corrected chi connectivity index (χ3v) is 5.92. The molecule has 0 bridgehead atoms. The number of nitrogens with zero attached hydrogens (tertiary/aromatic N) is 1. The van der Waals surface area contributed by atoms with Gasteiger partial charge in [0.2, 0.25) is 0 Å². The number of hydrogen-bond acceptors (Lipinski definition) is 6. The Balaban J connectivity index is 2.07. The number of esters is 1. The highest BCUT2D eigenvalue weighted by molar-refractivity contribution is 7.17. The summed E-state index contributed by atoms with van der Waals surface area (Å²) in [5.41, 5.74) is 3.43. The van der Waals surface area contributed by atoms with Crippen LogP contribution in [-0.4, -0.2) is 32.0 Å². The first-order chi connectivity index (χ1) is 15.0. The van der Waals surface area contributed by atoms with E-state index in [0.717, 1.165) is 32.2 Å². The fourth-order valence-corrected chi connectivity index (χ4v) is 4.32. The Bertz CT molecular complexity index is 1040. The summed E-state index contributed by atoms with van der Waals surface area (Å²) >= 11 is 7.61. The van der Waals surface area contributed by atoms with Crippen LogP contribution in [-0.2, 0) is 20.8 Å². The zero-order valence-electron chi connectivity index (χ0n) is 17.7. The van der Waals surface area contributed by atoms with E-state index in [1.807, 2.05) is 61.5 Å². The number of benzene rings is 2. The lowest BCUT2D eigenvalue weighted by molar-refractivity contribution is -0.142. The van der Waals surface area contributed by atoms with E-state index in [9.17, 15) is 4.79 Å². The molecule has 0 N–H and O–H groups in total. The molecular weight excluding hydrogens is 434 g/mol. The van der Waals surface area contributed by atoms with Gasteiger partial charge in [0.1, 0.15) is 18.1 Å². The molecule has 0 aliphatic heterocycles. The van der Waals surface area contributed by atoms with Crippen molar-refractivity contribution >= 4 is 34.6 Å². The molecule has 0 aliphatic rings. The Hall–Kier alpha value is -2.83. The first-order valence-electron chi connectivity index (χ1n) is 9.94. The van der Waals surface area contributed by atoms with Crippen molar-refractivity contribution in [2.24, 2.45) is 5.16 Å². The van der Waals surface area contributed by atoms with E-state index in [0.29, 0.717) is 23.9 Å². The van der Waals surface area contributed by atoms with Crippen molar-refractivity contribution in [1.29, 1.82) is 0 Å². The summed E-state index contributed by atoms with van der Waals surface area (Å²) < 4.78 is 10.4. The minimum atomic E-state index is -0.269. The van der Waals surface area contributed by atoms with Crippen LogP contribution in [0.3, 0.4) is 0 Å². The normalized spacial score (nSPS) is 11.3. The molecule has 0 spiro atoms. The second-order valence-electron chi connectivity index (χ2n) is 6.54. The highest BCUT2D eigenvalue weighted by Gasteiger charge is 2.19. The average molecular weight is 458 g/mol. The maximum atomic E-state index is 12.2. The van der Waals surface area contributed by atoms with Crippen molar-refractivity contribution in [1.82, 2.24) is 0 Å². The number of carbonyl (C=O) groups is 1. The largest absolute Gasteiger partial charge is 0.497 e. The summed E-state index contributed by atoms with van der Waals surface area (Å²) in [6.07, 6.45) is 0.173. The van der Waals surface area contributed by atoms with Crippen LogP contribution in [0.5, 0.6) is 5.75 Å². The molecule has 1 aromatic heterocycles. The van der Waals surface area contributed by atoms with Crippen LogP contribution in [0.1, 0.15) is 29.9 Å². The van der Waals surface area contributed by atoms with Crippen LogP contribution >= 0.6 is 22.9 Å². The highest BCUT2D eigenvalue weighted by Crippen LogP contribution is 2.35. The molecule has 31 heavy (non-hydrogen) atoms. The van der Waals surface area contributed by atoms with Crippen molar-refractivity contribution in [3.63, 3.8) is 0 Å². The average Bonchev–Trinajstić information content (AvgIpc) is 3.18.